The molecule has 0 radical (unpaired) electrons. The van der Waals surface area contributed by atoms with Crippen LogP contribution in [0.1, 0.15) is 33.1 Å². The lowest BCUT2D eigenvalue weighted by atomic mass is 9.97. The van der Waals surface area contributed by atoms with Crippen LogP contribution in [0.25, 0.3) is 0 Å². The minimum Gasteiger partial charge on any atom is -0.481 e. The Bertz CT molecular complexity index is 652. The minimum atomic E-state index is -1.73. The van der Waals surface area contributed by atoms with Gasteiger partial charge in [-0.05, 0) is 5.92 Å². The zero-order valence-corrected chi connectivity index (χ0v) is 16.0. The first-order valence-corrected chi connectivity index (χ1v) is 8.69. The molecule has 0 aromatic carbocycles. The van der Waals surface area contributed by atoms with Crippen molar-refractivity contribution in [3.8, 4) is 0 Å². The number of nitrogens with two attached hydrogens (primary N) is 1. The van der Waals surface area contributed by atoms with Crippen molar-refractivity contribution in [3.05, 3.63) is 0 Å². The van der Waals surface area contributed by atoms with Crippen LogP contribution in [0.15, 0.2) is 0 Å². The highest BCUT2D eigenvalue weighted by Crippen LogP contribution is 2.10. The van der Waals surface area contributed by atoms with E-state index in [-0.39, 0.29) is 0 Å². The number of carboxylic acids is 3. The molecule has 0 aromatic heterocycles. The molecule has 13 heteroatoms. The van der Waals surface area contributed by atoms with E-state index in [4.69, 9.17) is 21.1 Å². The summed E-state index contributed by atoms with van der Waals surface area (Å²) < 4.78 is 0. The number of carboxylic acid groups (broad SMARTS) is 3. The Morgan fingerprint density at radius 2 is 1.34 bits per heavy atom. The van der Waals surface area contributed by atoms with Crippen LogP contribution < -0.4 is 21.7 Å². The van der Waals surface area contributed by atoms with Crippen LogP contribution in [-0.4, -0.2) is 75.6 Å². The Morgan fingerprint density at radius 1 is 0.828 bits per heavy atom. The largest absolute Gasteiger partial charge is 0.481 e. The van der Waals surface area contributed by atoms with E-state index in [1.807, 2.05) is 5.32 Å². The van der Waals surface area contributed by atoms with E-state index in [9.17, 15) is 28.8 Å². The van der Waals surface area contributed by atoms with Gasteiger partial charge < -0.3 is 37.0 Å². The lowest BCUT2D eigenvalue weighted by Crippen LogP contribution is -2.58. The molecular weight excluding hydrogens is 392 g/mol. The first-order chi connectivity index (χ1) is 13.4. The second-order valence-electron chi connectivity index (χ2n) is 6.29. The normalized spacial score (nSPS) is 14.6. The van der Waals surface area contributed by atoms with Gasteiger partial charge in [-0.1, -0.05) is 20.3 Å². The number of rotatable bonds is 13. The van der Waals surface area contributed by atoms with Crippen molar-refractivity contribution < 1.29 is 44.1 Å². The molecule has 0 saturated heterocycles. The number of amides is 3. The van der Waals surface area contributed by atoms with Crippen molar-refractivity contribution >= 4 is 35.6 Å². The first-order valence-electron chi connectivity index (χ1n) is 8.69. The topological polar surface area (TPSA) is 225 Å². The van der Waals surface area contributed by atoms with Gasteiger partial charge in [0, 0.05) is 0 Å². The fraction of sp³-hybridized carbons (Fsp3) is 0.625. The predicted molar refractivity (Wildman–Crippen MR) is 96.4 cm³/mol. The number of carbonyl (C=O) groups is 6. The lowest BCUT2D eigenvalue weighted by Gasteiger charge is -2.27. The van der Waals surface area contributed by atoms with Gasteiger partial charge in [0.1, 0.15) is 18.1 Å². The molecule has 0 aromatic rings. The summed E-state index contributed by atoms with van der Waals surface area (Å²) in [5.74, 6) is -7.67. The molecular formula is C16H26N4O9. The molecule has 4 unspecified atom stereocenters. The molecule has 0 aliphatic carbocycles. The molecule has 0 rings (SSSR count). The van der Waals surface area contributed by atoms with E-state index in [1.54, 1.807) is 13.8 Å². The van der Waals surface area contributed by atoms with Gasteiger partial charge >= 0.3 is 17.9 Å². The molecule has 0 bridgehead atoms. The maximum Gasteiger partial charge on any atom is 0.326 e. The maximum absolute atomic E-state index is 12.5. The molecule has 0 heterocycles. The second kappa shape index (κ2) is 12.3. The Hall–Kier alpha value is -3.22. The standard InChI is InChI=1S/C16H26N4O9/c1-3-7(2)13(15(27)19-9(16(28)29)5-12(24)25)20-14(26)8(4-11(22)23)18-10(21)6-17/h7-9,13H,3-6,17H2,1-2H3,(H,18,21)(H,19,27)(H,20,26)(H,22,23)(H,24,25)(H,28,29). The SMILES string of the molecule is CCC(C)C(NC(=O)C(CC(=O)O)NC(=O)CN)C(=O)NC(CC(=O)O)C(=O)O. The van der Waals surface area contributed by atoms with Crippen LogP contribution in [-0.2, 0) is 28.8 Å². The van der Waals surface area contributed by atoms with E-state index in [0.717, 1.165) is 0 Å². The van der Waals surface area contributed by atoms with Crippen LogP contribution in [0.3, 0.4) is 0 Å². The number of hydrogen-bond acceptors (Lipinski definition) is 7. The molecule has 164 valence electrons. The predicted octanol–water partition coefficient (Wildman–Crippen LogP) is -2.52. The molecule has 4 atom stereocenters. The average molecular weight is 418 g/mol. The third-order valence-electron chi connectivity index (χ3n) is 4.00. The van der Waals surface area contributed by atoms with E-state index >= 15 is 0 Å². The van der Waals surface area contributed by atoms with Gasteiger partial charge in [0.25, 0.3) is 0 Å². The van der Waals surface area contributed by atoms with Gasteiger partial charge in [0.15, 0.2) is 0 Å². The molecule has 3 amide bonds. The number of nitrogens with one attached hydrogen (secondary N) is 3. The zero-order valence-electron chi connectivity index (χ0n) is 16.0. The summed E-state index contributed by atoms with van der Waals surface area (Å²) in [7, 11) is 0. The van der Waals surface area contributed by atoms with Gasteiger partial charge in [0.05, 0.1) is 19.4 Å². The molecule has 0 fully saturated rings. The maximum atomic E-state index is 12.5. The van der Waals surface area contributed by atoms with Gasteiger partial charge in [0.2, 0.25) is 17.7 Å². The Labute approximate surface area is 166 Å². The highest BCUT2D eigenvalue weighted by molar-refractivity contribution is 5.95. The van der Waals surface area contributed by atoms with Crippen molar-refractivity contribution in [2.45, 2.75) is 51.2 Å². The fourth-order valence-corrected chi connectivity index (χ4v) is 2.23. The summed E-state index contributed by atoms with van der Waals surface area (Å²) in [4.78, 5) is 69.2. The van der Waals surface area contributed by atoms with Gasteiger partial charge in [-0.25, -0.2) is 4.79 Å². The Morgan fingerprint density at radius 3 is 1.76 bits per heavy atom. The van der Waals surface area contributed by atoms with Crippen molar-refractivity contribution in [3.63, 3.8) is 0 Å². The monoisotopic (exact) mass is 418 g/mol. The van der Waals surface area contributed by atoms with Crippen molar-refractivity contribution in [1.82, 2.24) is 16.0 Å². The van der Waals surface area contributed by atoms with Crippen molar-refractivity contribution in [2.24, 2.45) is 11.7 Å². The minimum absolute atomic E-state index is 0.369. The van der Waals surface area contributed by atoms with Crippen LogP contribution >= 0.6 is 0 Å². The molecule has 0 spiro atoms. The van der Waals surface area contributed by atoms with E-state index < -0.39 is 79.1 Å². The third-order valence-corrected chi connectivity index (χ3v) is 4.00. The highest BCUT2D eigenvalue weighted by Gasteiger charge is 2.33. The van der Waals surface area contributed by atoms with Crippen LogP contribution in [0.5, 0.6) is 0 Å². The van der Waals surface area contributed by atoms with E-state index in [0.29, 0.717) is 6.42 Å². The van der Waals surface area contributed by atoms with E-state index in [1.165, 1.54) is 0 Å². The quantitative estimate of drug-likeness (QED) is 0.166. The summed E-state index contributed by atoms with van der Waals surface area (Å²) in [5.41, 5.74) is 5.13. The summed E-state index contributed by atoms with van der Waals surface area (Å²) >= 11 is 0. The second-order valence-corrected chi connectivity index (χ2v) is 6.29. The van der Waals surface area contributed by atoms with Gasteiger partial charge in [-0.15, -0.1) is 0 Å². The summed E-state index contributed by atoms with van der Waals surface area (Å²) in [5, 5.41) is 33.2. The molecule has 0 aliphatic heterocycles. The first kappa shape index (κ1) is 25.8. The van der Waals surface area contributed by atoms with Gasteiger partial charge in [-0.2, -0.15) is 0 Å². The molecule has 8 N–H and O–H groups in total. The number of hydrogen-bond donors (Lipinski definition) is 7. The number of carbonyl (C=O) groups excluding carboxylic acids is 3. The Kier molecular flexibility index (Phi) is 10.9. The number of aliphatic carboxylic acids is 3. The van der Waals surface area contributed by atoms with Crippen LogP contribution in [0.4, 0.5) is 0 Å². The lowest BCUT2D eigenvalue weighted by molar-refractivity contribution is -0.147. The molecule has 0 saturated carbocycles. The van der Waals surface area contributed by atoms with E-state index in [2.05, 4.69) is 10.6 Å². The average Bonchev–Trinajstić information content (AvgIpc) is 2.62. The summed E-state index contributed by atoms with van der Waals surface area (Å²) in [6.45, 7) is 2.77. The van der Waals surface area contributed by atoms with Crippen LogP contribution in [0.2, 0.25) is 0 Å². The zero-order chi connectivity index (χ0) is 22.7. The van der Waals surface area contributed by atoms with Crippen molar-refractivity contribution in [2.75, 3.05) is 6.54 Å². The van der Waals surface area contributed by atoms with Crippen molar-refractivity contribution in [1.29, 1.82) is 0 Å². The molecule has 29 heavy (non-hydrogen) atoms. The van der Waals surface area contributed by atoms with Gasteiger partial charge in [-0.3, -0.25) is 24.0 Å². The molecule has 13 nitrogen and oxygen atoms in total. The summed E-state index contributed by atoms with van der Waals surface area (Å²) in [6.07, 6.45) is -1.28. The fourth-order valence-electron chi connectivity index (χ4n) is 2.23. The Balaban J connectivity index is 5.47. The third kappa shape index (κ3) is 9.51. The smallest absolute Gasteiger partial charge is 0.326 e. The highest BCUT2D eigenvalue weighted by atomic mass is 16.4. The van der Waals surface area contributed by atoms with Crippen LogP contribution in [0, 0.1) is 5.92 Å². The summed E-state index contributed by atoms with van der Waals surface area (Å²) in [6, 6.07) is -4.54. The molecule has 0 aliphatic rings.